The number of amides is 1. The molecule has 0 aliphatic rings. The summed E-state index contributed by atoms with van der Waals surface area (Å²) < 4.78 is 4.96. The Morgan fingerprint density at radius 1 is 1.39 bits per heavy atom. The molecule has 0 fully saturated rings. The van der Waals surface area contributed by atoms with Crippen LogP contribution in [0.25, 0.3) is 0 Å². The number of ether oxygens (including phenoxy) is 1. The summed E-state index contributed by atoms with van der Waals surface area (Å²) in [6, 6.07) is 8.99. The van der Waals surface area contributed by atoms with Crippen molar-refractivity contribution >= 4 is 40.7 Å². The maximum atomic E-state index is 11.8. The van der Waals surface area contributed by atoms with E-state index in [0.717, 1.165) is 27.1 Å². The molecular weight excluding hydrogens is 332 g/mol. The minimum atomic E-state index is -0.430. The van der Waals surface area contributed by atoms with E-state index < -0.39 is 11.9 Å². The molecule has 0 unspecified atom stereocenters. The van der Waals surface area contributed by atoms with E-state index in [9.17, 15) is 9.59 Å². The third-order valence-corrected chi connectivity index (χ3v) is 4.36. The lowest BCUT2D eigenvalue weighted by molar-refractivity contribution is -0.146. The van der Waals surface area contributed by atoms with Gasteiger partial charge in [-0.2, -0.15) is 5.26 Å². The summed E-state index contributed by atoms with van der Waals surface area (Å²) >= 11 is 2.53. The molecule has 2 aromatic rings. The van der Waals surface area contributed by atoms with E-state index in [2.05, 4.69) is 5.32 Å². The highest BCUT2D eigenvalue weighted by molar-refractivity contribution is 8.03. The number of thiocyanates is 1. The fraction of sp³-hybridized carbons (Fsp3) is 0.188. The molecule has 0 aliphatic heterocycles. The van der Waals surface area contributed by atoms with Crippen molar-refractivity contribution in [2.24, 2.45) is 0 Å². The smallest absolute Gasteiger partial charge is 0.311 e. The fourth-order valence-electron chi connectivity index (χ4n) is 1.83. The van der Waals surface area contributed by atoms with Gasteiger partial charge >= 0.3 is 5.97 Å². The molecule has 0 saturated heterocycles. The second kappa shape index (κ2) is 8.36. The zero-order valence-corrected chi connectivity index (χ0v) is 14.0. The van der Waals surface area contributed by atoms with Crippen molar-refractivity contribution < 1.29 is 14.3 Å². The van der Waals surface area contributed by atoms with E-state index in [4.69, 9.17) is 10.00 Å². The minimum Gasteiger partial charge on any atom is -0.455 e. The average molecular weight is 346 g/mol. The number of hydrogen-bond donors (Lipinski definition) is 1. The summed E-state index contributed by atoms with van der Waals surface area (Å²) in [6.45, 7) is 1.51. The number of nitrogens with zero attached hydrogens (tertiary/aromatic N) is 1. The monoisotopic (exact) mass is 346 g/mol. The van der Waals surface area contributed by atoms with E-state index in [0.29, 0.717) is 5.69 Å². The molecule has 1 aromatic heterocycles. The molecule has 1 heterocycles. The molecule has 0 spiro atoms. The van der Waals surface area contributed by atoms with Gasteiger partial charge in [0, 0.05) is 15.5 Å². The van der Waals surface area contributed by atoms with E-state index in [1.165, 1.54) is 11.3 Å². The summed E-state index contributed by atoms with van der Waals surface area (Å²) in [7, 11) is 0. The maximum absolute atomic E-state index is 11.8. The van der Waals surface area contributed by atoms with Gasteiger partial charge in [-0.1, -0.05) is 6.07 Å². The molecule has 7 heteroatoms. The number of carbonyl (C=O) groups excluding carboxylic acids is 2. The van der Waals surface area contributed by atoms with Gasteiger partial charge in [-0.3, -0.25) is 9.59 Å². The zero-order valence-electron chi connectivity index (χ0n) is 12.4. The summed E-state index contributed by atoms with van der Waals surface area (Å²) in [4.78, 5) is 25.2. The fourth-order valence-corrected chi connectivity index (χ4v) is 3.00. The molecule has 2 rings (SSSR count). The molecule has 118 valence electrons. The first-order valence-corrected chi connectivity index (χ1v) is 8.42. The van der Waals surface area contributed by atoms with Crippen LogP contribution in [-0.4, -0.2) is 18.5 Å². The number of nitriles is 1. The van der Waals surface area contributed by atoms with Gasteiger partial charge in [0.25, 0.3) is 5.91 Å². The molecule has 5 nitrogen and oxygen atoms in total. The van der Waals surface area contributed by atoms with Crippen LogP contribution in [0.15, 0.2) is 40.6 Å². The lowest BCUT2D eigenvalue weighted by Crippen LogP contribution is -2.21. The van der Waals surface area contributed by atoms with Crippen LogP contribution in [-0.2, 0) is 20.7 Å². The average Bonchev–Trinajstić information content (AvgIpc) is 3.01. The summed E-state index contributed by atoms with van der Waals surface area (Å²) in [5.41, 5.74) is 1.47. The van der Waals surface area contributed by atoms with Crippen LogP contribution in [0, 0.1) is 17.6 Å². The van der Waals surface area contributed by atoms with Crippen molar-refractivity contribution in [3.8, 4) is 5.40 Å². The Balaban J connectivity index is 1.82. The van der Waals surface area contributed by atoms with Crippen LogP contribution < -0.4 is 5.32 Å². The van der Waals surface area contributed by atoms with Gasteiger partial charge in [-0.25, -0.2) is 0 Å². The number of carbonyl (C=O) groups is 2. The number of benzene rings is 1. The van der Waals surface area contributed by atoms with Gasteiger partial charge in [0.2, 0.25) is 0 Å². The molecule has 1 amide bonds. The lowest BCUT2D eigenvalue weighted by atomic mass is 10.2. The van der Waals surface area contributed by atoms with E-state index in [1.54, 1.807) is 12.1 Å². The topological polar surface area (TPSA) is 79.2 Å². The highest BCUT2D eigenvalue weighted by Gasteiger charge is 2.10. The maximum Gasteiger partial charge on any atom is 0.311 e. The number of nitrogens with one attached hydrogen (secondary N) is 1. The first kappa shape index (κ1) is 17.1. The largest absolute Gasteiger partial charge is 0.455 e. The van der Waals surface area contributed by atoms with Gasteiger partial charge in [0.05, 0.1) is 6.42 Å². The molecule has 0 atom stereocenters. The lowest BCUT2D eigenvalue weighted by Gasteiger charge is -2.09. The second-order valence-corrected chi connectivity index (χ2v) is 6.53. The van der Waals surface area contributed by atoms with Crippen molar-refractivity contribution in [1.82, 2.24) is 0 Å². The number of hydrogen-bond acceptors (Lipinski definition) is 6. The van der Waals surface area contributed by atoms with Crippen molar-refractivity contribution in [3.05, 3.63) is 46.2 Å². The number of anilines is 1. The Hall–Kier alpha value is -2.30. The van der Waals surface area contributed by atoms with E-state index >= 15 is 0 Å². The molecule has 0 bridgehead atoms. The van der Waals surface area contributed by atoms with Gasteiger partial charge in [0.15, 0.2) is 6.61 Å². The van der Waals surface area contributed by atoms with Gasteiger partial charge in [0.1, 0.15) is 5.40 Å². The minimum absolute atomic E-state index is 0.171. The Labute approximate surface area is 142 Å². The van der Waals surface area contributed by atoms with Gasteiger partial charge < -0.3 is 10.1 Å². The molecule has 1 N–H and O–H groups in total. The van der Waals surface area contributed by atoms with Crippen LogP contribution in [0.5, 0.6) is 0 Å². The first-order valence-electron chi connectivity index (χ1n) is 6.73. The molecule has 1 aromatic carbocycles. The standard InChI is InChI=1S/C16H14N2O3S2/c1-11-7-13(23-10-17)4-5-14(11)18-15(19)9-21-16(20)8-12-3-2-6-22-12/h2-7H,8-9H2,1H3,(H,18,19). The van der Waals surface area contributed by atoms with Crippen molar-refractivity contribution in [2.75, 3.05) is 11.9 Å². The number of aryl methyl sites for hydroxylation is 1. The van der Waals surface area contributed by atoms with Gasteiger partial charge in [-0.05, 0) is 53.9 Å². The third-order valence-electron chi connectivity index (χ3n) is 2.90. The summed E-state index contributed by atoms with van der Waals surface area (Å²) in [5, 5.41) is 15.2. The Kier molecular flexibility index (Phi) is 6.20. The highest BCUT2D eigenvalue weighted by Crippen LogP contribution is 2.23. The number of esters is 1. The molecule has 0 saturated carbocycles. The number of thiophene rings is 1. The zero-order chi connectivity index (χ0) is 16.7. The molecular formula is C16H14N2O3S2. The van der Waals surface area contributed by atoms with Crippen molar-refractivity contribution in [1.29, 1.82) is 5.26 Å². The van der Waals surface area contributed by atoms with Crippen LogP contribution in [0.3, 0.4) is 0 Å². The Bertz CT molecular complexity index is 736. The Morgan fingerprint density at radius 2 is 2.22 bits per heavy atom. The number of thioether (sulfide) groups is 1. The van der Waals surface area contributed by atoms with Crippen molar-refractivity contribution in [3.63, 3.8) is 0 Å². The van der Waals surface area contributed by atoms with E-state index in [1.807, 2.05) is 35.9 Å². The number of rotatable bonds is 6. The highest BCUT2D eigenvalue weighted by atomic mass is 32.2. The second-order valence-electron chi connectivity index (χ2n) is 4.64. The van der Waals surface area contributed by atoms with Crippen LogP contribution >= 0.6 is 23.1 Å². The predicted octanol–water partition coefficient (Wildman–Crippen LogP) is 3.35. The first-order chi connectivity index (χ1) is 11.1. The Morgan fingerprint density at radius 3 is 2.87 bits per heavy atom. The van der Waals surface area contributed by atoms with Gasteiger partial charge in [-0.15, -0.1) is 11.3 Å². The predicted molar refractivity (Wildman–Crippen MR) is 90.3 cm³/mol. The summed E-state index contributed by atoms with van der Waals surface area (Å²) in [6.07, 6.45) is 0.171. The van der Waals surface area contributed by atoms with E-state index in [-0.39, 0.29) is 13.0 Å². The van der Waals surface area contributed by atoms with Crippen LogP contribution in [0.1, 0.15) is 10.4 Å². The van der Waals surface area contributed by atoms with Crippen LogP contribution in [0.2, 0.25) is 0 Å². The SMILES string of the molecule is Cc1cc(SC#N)ccc1NC(=O)COC(=O)Cc1cccs1. The third kappa shape index (κ3) is 5.43. The molecule has 0 radical (unpaired) electrons. The quantitative estimate of drug-likeness (QED) is 0.493. The van der Waals surface area contributed by atoms with Crippen molar-refractivity contribution in [2.45, 2.75) is 18.2 Å². The summed E-state index contributed by atoms with van der Waals surface area (Å²) in [5.74, 6) is -0.826. The molecule has 23 heavy (non-hydrogen) atoms. The normalized spacial score (nSPS) is 9.91. The molecule has 0 aliphatic carbocycles. The van der Waals surface area contributed by atoms with Crippen LogP contribution in [0.4, 0.5) is 5.69 Å².